The minimum Gasteiger partial charge on any atom is -0.389 e. The van der Waals surface area contributed by atoms with Crippen molar-refractivity contribution in [2.45, 2.75) is 50.5 Å². The van der Waals surface area contributed by atoms with Gasteiger partial charge in [-0.1, -0.05) is 12.1 Å². The number of rotatable bonds is 3. The monoisotopic (exact) mass is 276 g/mol. The van der Waals surface area contributed by atoms with Crippen molar-refractivity contribution in [3.8, 4) is 0 Å². The first-order valence-corrected chi connectivity index (χ1v) is 7.13. The van der Waals surface area contributed by atoms with Crippen molar-refractivity contribution in [3.05, 3.63) is 29.8 Å². The van der Waals surface area contributed by atoms with E-state index in [2.05, 4.69) is 10.6 Å². The maximum absolute atomic E-state index is 11.9. The number of nitrogens with one attached hydrogen (secondary N) is 2. The van der Waals surface area contributed by atoms with E-state index in [-0.39, 0.29) is 18.2 Å². The molecule has 2 heterocycles. The number of hydrogen-bond donors (Lipinski definition) is 3. The Bertz CT molecular complexity index is 486. The number of carbonyl (C=O) groups is 1. The predicted octanol–water partition coefficient (Wildman–Crippen LogP) is 2.18. The van der Waals surface area contributed by atoms with Gasteiger partial charge in [-0.05, 0) is 43.9 Å². The first kappa shape index (κ1) is 13.4. The van der Waals surface area contributed by atoms with Crippen LogP contribution in [0.5, 0.6) is 0 Å². The van der Waals surface area contributed by atoms with Crippen molar-refractivity contribution in [2.24, 2.45) is 0 Å². The Morgan fingerprint density at radius 2 is 2.10 bits per heavy atom. The molecule has 2 amide bonds. The van der Waals surface area contributed by atoms with Crippen LogP contribution >= 0.6 is 0 Å². The van der Waals surface area contributed by atoms with Crippen LogP contribution in [-0.2, 0) is 4.74 Å². The molecule has 4 atom stereocenters. The lowest BCUT2D eigenvalue weighted by atomic mass is 9.96. The second-order valence-corrected chi connectivity index (χ2v) is 5.61. The van der Waals surface area contributed by atoms with Crippen molar-refractivity contribution in [2.75, 3.05) is 5.32 Å². The highest BCUT2D eigenvalue weighted by molar-refractivity contribution is 5.89. The van der Waals surface area contributed by atoms with Crippen molar-refractivity contribution in [1.29, 1.82) is 0 Å². The third kappa shape index (κ3) is 2.78. The summed E-state index contributed by atoms with van der Waals surface area (Å²) in [5, 5.41) is 15.2. The van der Waals surface area contributed by atoms with Crippen LogP contribution in [-0.4, -0.2) is 29.4 Å². The Morgan fingerprint density at radius 1 is 1.35 bits per heavy atom. The molecule has 0 aromatic heterocycles. The van der Waals surface area contributed by atoms with E-state index < -0.39 is 6.10 Å². The molecule has 0 spiro atoms. The SMILES string of the molecule is CC(O)c1ccc(NC(=O)NC2CC3CCC2O3)cc1. The molecular weight excluding hydrogens is 256 g/mol. The van der Waals surface area contributed by atoms with Gasteiger partial charge in [0.05, 0.1) is 24.4 Å². The third-order valence-corrected chi connectivity index (χ3v) is 4.07. The van der Waals surface area contributed by atoms with Gasteiger partial charge < -0.3 is 20.5 Å². The number of ether oxygens (including phenoxy) is 1. The Hall–Kier alpha value is -1.59. The molecule has 2 aliphatic rings. The summed E-state index contributed by atoms with van der Waals surface area (Å²) < 4.78 is 5.71. The number of fused-ring (bicyclic) bond motifs is 2. The lowest BCUT2D eigenvalue weighted by Gasteiger charge is -2.20. The third-order valence-electron chi connectivity index (χ3n) is 4.07. The smallest absolute Gasteiger partial charge is 0.319 e. The molecule has 5 heteroatoms. The zero-order chi connectivity index (χ0) is 14.1. The first-order chi connectivity index (χ1) is 9.61. The molecule has 1 aromatic carbocycles. The van der Waals surface area contributed by atoms with Gasteiger partial charge in [0.1, 0.15) is 0 Å². The minimum atomic E-state index is -0.496. The molecule has 5 nitrogen and oxygen atoms in total. The van der Waals surface area contributed by atoms with Crippen molar-refractivity contribution >= 4 is 11.7 Å². The summed E-state index contributed by atoms with van der Waals surface area (Å²) in [6.45, 7) is 1.71. The maximum Gasteiger partial charge on any atom is 0.319 e. The lowest BCUT2D eigenvalue weighted by Crippen LogP contribution is -2.43. The van der Waals surface area contributed by atoms with E-state index in [0.717, 1.165) is 30.5 Å². The Morgan fingerprint density at radius 3 is 2.65 bits per heavy atom. The fraction of sp³-hybridized carbons (Fsp3) is 0.533. The molecule has 3 rings (SSSR count). The van der Waals surface area contributed by atoms with Crippen LogP contribution in [0.3, 0.4) is 0 Å². The van der Waals surface area contributed by atoms with Crippen molar-refractivity contribution in [3.63, 3.8) is 0 Å². The largest absolute Gasteiger partial charge is 0.389 e. The van der Waals surface area contributed by atoms with Gasteiger partial charge in [0.2, 0.25) is 0 Å². The molecular formula is C15H20N2O3. The molecule has 0 aliphatic carbocycles. The maximum atomic E-state index is 11.9. The number of aliphatic hydroxyl groups is 1. The molecule has 2 fully saturated rings. The van der Waals surface area contributed by atoms with Crippen LogP contribution < -0.4 is 10.6 Å². The number of urea groups is 1. The number of hydrogen-bond acceptors (Lipinski definition) is 3. The van der Waals surface area contributed by atoms with Gasteiger partial charge in [-0.3, -0.25) is 0 Å². The minimum absolute atomic E-state index is 0.130. The van der Waals surface area contributed by atoms with Crippen molar-refractivity contribution in [1.82, 2.24) is 5.32 Å². The average Bonchev–Trinajstić information content (AvgIpc) is 3.01. The molecule has 2 aliphatic heterocycles. The number of amides is 2. The van der Waals surface area contributed by atoms with Gasteiger partial charge >= 0.3 is 6.03 Å². The van der Waals surface area contributed by atoms with Gasteiger partial charge in [-0.15, -0.1) is 0 Å². The summed E-state index contributed by atoms with van der Waals surface area (Å²) in [5.74, 6) is 0. The number of anilines is 1. The molecule has 2 bridgehead atoms. The molecule has 2 saturated heterocycles. The molecule has 0 radical (unpaired) electrons. The zero-order valence-corrected chi connectivity index (χ0v) is 11.5. The highest BCUT2D eigenvalue weighted by Crippen LogP contribution is 2.34. The normalized spacial score (nSPS) is 29.2. The van der Waals surface area contributed by atoms with E-state index in [0.29, 0.717) is 6.10 Å². The average molecular weight is 276 g/mol. The summed E-state index contributed by atoms with van der Waals surface area (Å²) >= 11 is 0. The van der Waals surface area contributed by atoms with Gasteiger partial charge in [0.25, 0.3) is 0 Å². The highest BCUT2D eigenvalue weighted by atomic mass is 16.5. The van der Waals surface area contributed by atoms with Crippen LogP contribution in [0.1, 0.15) is 37.9 Å². The quantitative estimate of drug-likeness (QED) is 0.792. The standard InChI is InChI=1S/C15H20N2O3/c1-9(18)10-2-4-11(5-3-10)16-15(19)17-13-8-12-6-7-14(13)20-12/h2-5,9,12-14,18H,6-8H2,1H3,(H2,16,17,19). The molecule has 3 N–H and O–H groups in total. The van der Waals surface area contributed by atoms with Crippen LogP contribution in [0.15, 0.2) is 24.3 Å². The van der Waals surface area contributed by atoms with Gasteiger partial charge in [0, 0.05) is 5.69 Å². The molecule has 0 saturated carbocycles. The number of carbonyl (C=O) groups excluding carboxylic acids is 1. The van der Waals surface area contributed by atoms with Crippen LogP contribution in [0.25, 0.3) is 0 Å². The van der Waals surface area contributed by atoms with E-state index in [1.54, 1.807) is 31.2 Å². The Balaban J connectivity index is 1.53. The predicted molar refractivity (Wildman–Crippen MR) is 75.5 cm³/mol. The summed E-state index contributed by atoms with van der Waals surface area (Å²) in [6.07, 6.45) is 3.09. The molecule has 1 aromatic rings. The molecule has 4 unspecified atom stereocenters. The van der Waals surface area contributed by atoms with E-state index in [1.165, 1.54) is 0 Å². The van der Waals surface area contributed by atoms with Crippen molar-refractivity contribution < 1.29 is 14.6 Å². The number of aliphatic hydroxyl groups excluding tert-OH is 1. The van der Waals surface area contributed by atoms with Crippen LogP contribution in [0.4, 0.5) is 10.5 Å². The van der Waals surface area contributed by atoms with Gasteiger partial charge in [-0.25, -0.2) is 4.79 Å². The number of benzene rings is 1. The fourth-order valence-corrected chi connectivity index (χ4v) is 2.97. The van der Waals surface area contributed by atoms with E-state index in [4.69, 9.17) is 4.74 Å². The Kier molecular flexibility index (Phi) is 3.63. The van der Waals surface area contributed by atoms with Crippen LogP contribution in [0, 0.1) is 0 Å². The summed E-state index contributed by atoms with van der Waals surface area (Å²) in [4.78, 5) is 11.9. The topological polar surface area (TPSA) is 70.6 Å². The molecule has 108 valence electrons. The summed E-state index contributed by atoms with van der Waals surface area (Å²) in [6, 6.07) is 7.13. The van der Waals surface area contributed by atoms with E-state index in [1.807, 2.05) is 0 Å². The fourth-order valence-electron chi connectivity index (χ4n) is 2.97. The van der Waals surface area contributed by atoms with E-state index >= 15 is 0 Å². The van der Waals surface area contributed by atoms with Gasteiger partial charge in [-0.2, -0.15) is 0 Å². The second kappa shape index (κ2) is 5.42. The van der Waals surface area contributed by atoms with Gasteiger partial charge in [0.15, 0.2) is 0 Å². The summed E-state index contributed by atoms with van der Waals surface area (Å²) in [7, 11) is 0. The Labute approximate surface area is 118 Å². The highest BCUT2D eigenvalue weighted by Gasteiger charge is 2.41. The summed E-state index contributed by atoms with van der Waals surface area (Å²) in [5.41, 5.74) is 1.55. The first-order valence-electron chi connectivity index (χ1n) is 7.13. The van der Waals surface area contributed by atoms with Crippen LogP contribution in [0.2, 0.25) is 0 Å². The molecule has 20 heavy (non-hydrogen) atoms. The van der Waals surface area contributed by atoms with E-state index in [9.17, 15) is 9.90 Å². The lowest BCUT2D eigenvalue weighted by molar-refractivity contribution is 0.0984. The zero-order valence-electron chi connectivity index (χ0n) is 11.5. The second-order valence-electron chi connectivity index (χ2n) is 5.61.